The molecule has 6 nitrogen and oxygen atoms in total. The van der Waals surface area contributed by atoms with E-state index in [2.05, 4.69) is 10.1 Å². The Morgan fingerprint density at radius 1 is 1.38 bits per heavy atom. The lowest BCUT2D eigenvalue weighted by atomic mass is 10.2. The van der Waals surface area contributed by atoms with Gasteiger partial charge < -0.3 is 14.2 Å². The van der Waals surface area contributed by atoms with Crippen molar-refractivity contribution >= 4 is 6.09 Å². The minimum absolute atomic E-state index is 0.192. The fourth-order valence-electron chi connectivity index (χ4n) is 2.36. The van der Waals surface area contributed by atoms with Gasteiger partial charge in [0, 0.05) is 38.8 Å². The van der Waals surface area contributed by atoms with E-state index in [4.69, 9.17) is 9.26 Å². The third-order valence-electron chi connectivity index (χ3n) is 3.45. The Kier molecular flexibility index (Phi) is 5.61. The summed E-state index contributed by atoms with van der Waals surface area (Å²) in [6.07, 6.45) is 0.760. The van der Waals surface area contributed by atoms with E-state index in [-0.39, 0.29) is 6.09 Å². The molecule has 0 aliphatic carbocycles. The monoisotopic (exact) mass is 295 g/mol. The van der Waals surface area contributed by atoms with Crippen LogP contribution in [-0.2, 0) is 11.3 Å². The molecule has 6 heteroatoms. The van der Waals surface area contributed by atoms with E-state index < -0.39 is 0 Å². The number of hydrogen-bond acceptors (Lipinski definition) is 5. The number of hydrogen-bond donors (Lipinski definition) is 0. The van der Waals surface area contributed by atoms with E-state index in [1.54, 1.807) is 4.90 Å². The lowest BCUT2D eigenvalue weighted by molar-refractivity contribution is 0.0929. The Bertz CT molecular complexity index is 459. The number of nitrogens with zero attached hydrogens (tertiary/aromatic N) is 3. The minimum atomic E-state index is -0.192. The van der Waals surface area contributed by atoms with Crippen molar-refractivity contribution in [3.05, 3.63) is 17.5 Å². The number of carbonyl (C=O) groups is 1. The average Bonchev–Trinajstić information content (AvgIpc) is 2.71. The molecule has 2 heterocycles. The molecule has 1 aromatic heterocycles. The van der Waals surface area contributed by atoms with Crippen molar-refractivity contribution in [1.29, 1.82) is 0 Å². The number of rotatable bonds is 4. The number of aromatic nitrogens is 1. The van der Waals surface area contributed by atoms with Crippen LogP contribution in [0.2, 0.25) is 0 Å². The predicted octanol–water partition coefficient (Wildman–Crippen LogP) is 2.28. The van der Waals surface area contributed by atoms with Gasteiger partial charge in [0.15, 0.2) is 0 Å². The van der Waals surface area contributed by atoms with Gasteiger partial charge in [-0.3, -0.25) is 4.90 Å². The van der Waals surface area contributed by atoms with Crippen LogP contribution < -0.4 is 0 Å². The third-order valence-corrected chi connectivity index (χ3v) is 3.45. The molecule has 0 saturated carbocycles. The molecule has 1 aliphatic heterocycles. The van der Waals surface area contributed by atoms with Crippen molar-refractivity contribution < 1.29 is 14.1 Å². The molecule has 1 fully saturated rings. The highest BCUT2D eigenvalue weighted by Crippen LogP contribution is 2.10. The van der Waals surface area contributed by atoms with Crippen LogP contribution in [0.25, 0.3) is 0 Å². The van der Waals surface area contributed by atoms with Gasteiger partial charge in [0.1, 0.15) is 5.76 Å². The fourth-order valence-corrected chi connectivity index (χ4v) is 2.36. The number of aryl methyl sites for hydroxylation is 1. The topological polar surface area (TPSA) is 58.8 Å². The maximum atomic E-state index is 12.0. The van der Waals surface area contributed by atoms with Gasteiger partial charge in [-0.25, -0.2) is 4.79 Å². The second-order valence-electron chi connectivity index (χ2n) is 6.02. The van der Waals surface area contributed by atoms with Crippen LogP contribution in [0.3, 0.4) is 0 Å². The number of amides is 1. The Labute approximate surface area is 126 Å². The highest BCUT2D eigenvalue weighted by atomic mass is 16.6. The molecule has 0 aromatic carbocycles. The van der Waals surface area contributed by atoms with Crippen molar-refractivity contribution in [2.75, 3.05) is 32.8 Å². The van der Waals surface area contributed by atoms with Gasteiger partial charge in [0.2, 0.25) is 0 Å². The predicted molar refractivity (Wildman–Crippen MR) is 78.9 cm³/mol. The largest absolute Gasteiger partial charge is 0.449 e. The van der Waals surface area contributed by atoms with Crippen molar-refractivity contribution in [2.45, 2.75) is 33.7 Å². The van der Waals surface area contributed by atoms with Gasteiger partial charge in [0.25, 0.3) is 0 Å². The van der Waals surface area contributed by atoms with Crippen LogP contribution in [0.1, 0.15) is 31.7 Å². The molecule has 0 spiro atoms. The maximum absolute atomic E-state index is 12.0. The standard InChI is InChI=1S/C15H25N3O3/c1-12(2)11-20-15(19)18-6-4-5-17(7-8-18)10-14-9-13(3)21-16-14/h9,12H,4-8,10-11H2,1-3H3. The van der Waals surface area contributed by atoms with Gasteiger partial charge in [0.05, 0.1) is 12.3 Å². The summed E-state index contributed by atoms with van der Waals surface area (Å²) in [4.78, 5) is 16.1. The van der Waals surface area contributed by atoms with Gasteiger partial charge in [-0.05, 0) is 19.3 Å². The van der Waals surface area contributed by atoms with Crippen LogP contribution in [0.5, 0.6) is 0 Å². The van der Waals surface area contributed by atoms with Gasteiger partial charge >= 0.3 is 6.09 Å². The molecule has 21 heavy (non-hydrogen) atoms. The molecule has 1 saturated heterocycles. The molecule has 0 N–H and O–H groups in total. The third kappa shape index (κ3) is 5.04. The summed E-state index contributed by atoms with van der Waals surface area (Å²) in [6.45, 7) is 10.5. The van der Waals surface area contributed by atoms with Crippen LogP contribution >= 0.6 is 0 Å². The van der Waals surface area contributed by atoms with Crippen LogP contribution in [-0.4, -0.2) is 53.8 Å². The molecule has 0 radical (unpaired) electrons. The zero-order valence-electron chi connectivity index (χ0n) is 13.2. The van der Waals surface area contributed by atoms with Crippen molar-refractivity contribution in [1.82, 2.24) is 15.0 Å². The number of carbonyl (C=O) groups excluding carboxylic acids is 1. The summed E-state index contributed by atoms with van der Waals surface area (Å²) in [5.41, 5.74) is 0.948. The first-order chi connectivity index (χ1) is 10.0. The van der Waals surface area contributed by atoms with Crippen molar-refractivity contribution in [3.8, 4) is 0 Å². The lowest BCUT2D eigenvalue weighted by Crippen LogP contribution is -2.36. The van der Waals surface area contributed by atoms with Crippen LogP contribution in [0.15, 0.2) is 10.6 Å². The SMILES string of the molecule is Cc1cc(CN2CCCN(C(=O)OCC(C)C)CC2)no1. The summed E-state index contributed by atoms with van der Waals surface area (Å²) in [7, 11) is 0. The van der Waals surface area contributed by atoms with E-state index in [1.807, 2.05) is 26.8 Å². The average molecular weight is 295 g/mol. The molecule has 1 amide bonds. The first-order valence-electron chi connectivity index (χ1n) is 7.61. The van der Waals surface area contributed by atoms with E-state index in [0.717, 1.165) is 44.1 Å². The maximum Gasteiger partial charge on any atom is 0.409 e. The highest BCUT2D eigenvalue weighted by Gasteiger charge is 2.21. The van der Waals surface area contributed by atoms with Crippen LogP contribution in [0, 0.1) is 12.8 Å². The summed E-state index contributed by atoms with van der Waals surface area (Å²) in [5, 5.41) is 4.02. The number of ether oxygens (including phenoxy) is 1. The molecular formula is C15H25N3O3. The quantitative estimate of drug-likeness (QED) is 0.853. The molecule has 118 valence electrons. The summed E-state index contributed by atoms with van der Waals surface area (Å²) >= 11 is 0. The Balaban J connectivity index is 1.80. The molecular weight excluding hydrogens is 270 g/mol. The van der Waals surface area contributed by atoms with Gasteiger partial charge in [-0.15, -0.1) is 0 Å². The fraction of sp³-hybridized carbons (Fsp3) is 0.733. The molecule has 1 aliphatic rings. The summed E-state index contributed by atoms with van der Waals surface area (Å²) in [5.74, 6) is 1.20. The van der Waals surface area contributed by atoms with E-state index >= 15 is 0 Å². The first-order valence-corrected chi connectivity index (χ1v) is 7.61. The Hall–Kier alpha value is -1.56. The van der Waals surface area contributed by atoms with E-state index in [1.165, 1.54) is 0 Å². The Morgan fingerprint density at radius 3 is 2.86 bits per heavy atom. The summed E-state index contributed by atoms with van der Waals surface area (Å²) in [6, 6.07) is 1.96. The van der Waals surface area contributed by atoms with E-state index in [9.17, 15) is 4.79 Å². The summed E-state index contributed by atoms with van der Waals surface area (Å²) < 4.78 is 10.4. The normalized spacial score (nSPS) is 17.0. The lowest BCUT2D eigenvalue weighted by Gasteiger charge is -2.21. The molecule has 2 rings (SSSR count). The smallest absolute Gasteiger partial charge is 0.409 e. The second-order valence-corrected chi connectivity index (χ2v) is 6.02. The second kappa shape index (κ2) is 7.45. The van der Waals surface area contributed by atoms with Crippen molar-refractivity contribution in [3.63, 3.8) is 0 Å². The van der Waals surface area contributed by atoms with Gasteiger partial charge in [-0.2, -0.15) is 0 Å². The zero-order chi connectivity index (χ0) is 15.2. The highest BCUT2D eigenvalue weighted by molar-refractivity contribution is 5.67. The minimum Gasteiger partial charge on any atom is -0.449 e. The van der Waals surface area contributed by atoms with Crippen molar-refractivity contribution in [2.24, 2.45) is 5.92 Å². The molecule has 0 atom stereocenters. The molecule has 0 bridgehead atoms. The molecule has 1 aromatic rings. The van der Waals surface area contributed by atoms with Crippen LogP contribution in [0.4, 0.5) is 4.79 Å². The van der Waals surface area contributed by atoms with Gasteiger partial charge in [-0.1, -0.05) is 19.0 Å². The Morgan fingerprint density at radius 2 is 2.19 bits per heavy atom. The first kappa shape index (κ1) is 15.8. The molecule has 0 unspecified atom stereocenters. The zero-order valence-corrected chi connectivity index (χ0v) is 13.2. The van der Waals surface area contributed by atoms with E-state index in [0.29, 0.717) is 19.1 Å².